The van der Waals surface area contributed by atoms with Gasteiger partial charge in [0, 0.05) is 6.54 Å². The molecule has 0 N–H and O–H groups in total. The molecule has 5 heteroatoms. The van der Waals surface area contributed by atoms with E-state index in [1.807, 2.05) is 17.5 Å². The van der Waals surface area contributed by atoms with E-state index in [4.69, 9.17) is 0 Å². The Hall–Kier alpha value is -1.49. The van der Waals surface area contributed by atoms with Gasteiger partial charge in [-0.3, -0.25) is 4.79 Å². The van der Waals surface area contributed by atoms with Crippen LogP contribution in [0, 0.1) is 0 Å². The second-order valence-corrected chi connectivity index (χ2v) is 4.09. The van der Waals surface area contributed by atoms with Crippen molar-refractivity contribution < 1.29 is 4.79 Å². The minimum absolute atomic E-state index is 0.422. The van der Waals surface area contributed by atoms with Crippen molar-refractivity contribution >= 4 is 17.6 Å². The Morgan fingerprint density at radius 2 is 2.47 bits per heavy atom. The van der Waals surface area contributed by atoms with Crippen molar-refractivity contribution in [1.82, 2.24) is 15.0 Å². The smallest absolute Gasteiger partial charge is 0.172 e. The zero-order chi connectivity index (χ0) is 10.7. The molecule has 0 aromatic carbocycles. The van der Waals surface area contributed by atoms with Gasteiger partial charge in [-0.1, -0.05) is 18.2 Å². The van der Waals surface area contributed by atoms with E-state index in [1.165, 1.54) is 0 Å². The molecule has 0 aliphatic heterocycles. The van der Waals surface area contributed by atoms with Gasteiger partial charge in [0.15, 0.2) is 12.0 Å². The van der Waals surface area contributed by atoms with Gasteiger partial charge in [0.05, 0.1) is 4.88 Å². The van der Waals surface area contributed by atoms with Gasteiger partial charge in [-0.05, 0) is 17.9 Å². The van der Waals surface area contributed by atoms with Gasteiger partial charge >= 0.3 is 0 Å². The van der Waals surface area contributed by atoms with E-state index in [9.17, 15) is 4.79 Å². The van der Waals surface area contributed by atoms with Gasteiger partial charge in [0.25, 0.3) is 0 Å². The average Bonchev–Trinajstić information content (AvgIpc) is 2.85. The summed E-state index contributed by atoms with van der Waals surface area (Å²) in [6.45, 7) is 2.86. The number of nitrogens with zero attached hydrogens (tertiary/aromatic N) is 3. The number of hydrogen-bond donors (Lipinski definition) is 0. The molecule has 0 unspecified atom stereocenters. The second kappa shape index (κ2) is 4.35. The first kappa shape index (κ1) is 10.0. The van der Waals surface area contributed by atoms with E-state index < -0.39 is 0 Å². The summed E-state index contributed by atoms with van der Waals surface area (Å²) >= 11 is 1.59. The SMILES string of the molecule is CCCn1nnc(C=O)c1-c1cccs1. The Bertz CT molecular complexity index is 447. The van der Waals surface area contributed by atoms with Crippen molar-refractivity contribution in [3.8, 4) is 10.6 Å². The molecule has 2 rings (SSSR count). The second-order valence-electron chi connectivity index (χ2n) is 3.14. The van der Waals surface area contributed by atoms with Gasteiger partial charge in [0.2, 0.25) is 0 Å². The molecule has 78 valence electrons. The maximum Gasteiger partial charge on any atom is 0.172 e. The molecule has 0 aliphatic rings. The third kappa shape index (κ3) is 1.83. The highest BCUT2D eigenvalue weighted by atomic mass is 32.1. The lowest BCUT2D eigenvalue weighted by Crippen LogP contribution is -2.01. The number of carbonyl (C=O) groups excluding carboxylic acids is 1. The van der Waals surface area contributed by atoms with Crippen LogP contribution in [0.3, 0.4) is 0 Å². The molecule has 0 atom stereocenters. The highest BCUT2D eigenvalue weighted by molar-refractivity contribution is 7.13. The zero-order valence-electron chi connectivity index (χ0n) is 8.38. The predicted molar refractivity (Wildman–Crippen MR) is 59.0 cm³/mol. The molecule has 0 spiro atoms. The third-order valence-corrected chi connectivity index (χ3v) is 2.94. The molecule has 15 heavy (non-hydrogen) atoms. The number of rotatable bonds is 4. The van der Waals surface area contributed by atoms with Gasteiger partial charge in [-0.15, -0.1) is 16.4 Å². The molecule has 2 aromatic heterocycles. The monoisotopic (exact) mass is 221 g/mol. The summed E-state index contributed by atoms with van der Waals surface area (Å²) in [7, 11) is 0. The van der Waals surface area contributed by atoms with Gasteiger partial charge in [-0.2, -0.15) is 0 Å². The summed E-state index contributed by atoms with van der Waals surface area (Å²) in [5.74, 6) is 0. The van der Waals surface area contributed by atoms with Crippen molar-refractivity contribution in [2.24, 2.45) is 0 Å². The molecule has 0 amide bonds. The summed E-state index contributed by atoms with van der Waals surface area (Å²) in [5, 5.41) is 9.81. The van der Waals surface area contributed by atoms with Crippen LogP contribution in [0.5, 0.6) is 0 Å². The van der Waals surface area contributed by atoms with Gasteiger partial charge in [-0.25, -0.2) is 4.68 Å². The normalized spacial score (nSPS) is 10.5. The minimum atomic E-state index is 0.422. The summed E-state index contributed by atoms with van der Waals surface area (Å²) in [6, 6.07) is 3.93. The van der Waals surface area contributed by atoms with Crippen molar-refractivity contribution in [1.29, 1.82) is 0 Å². The largest absolute Gasteiger partial charge is 0.296 e. The number of aryl methyl sites for hydroxylation is 1. The van der Waals surface area contributed by atoms with Crippen LogP contribution in [0.15, 0.2) is 17.5 Å². The lowest BCUT2D eigenvalue weighted by Gasteiger charge is -2.02. The van der Waals surface area contributed by atoms with Crippen LogP contribution in [0.25, 0.3) is 10.6 Å². The molecule has 0 aliphatic carbocycles. The Kier molecular flexibility index (Phi) is 2.91. The van der Waals surface area contributed by atoms with Gasteiger partial charge < -0.3 is 0 Å². The molecular weight excluding hydrogens is 210 g/mol. The van der Waals surface area contributed by atoms with E-state index >= 15 is 0 Å². The lowest BCUT2D eigenvalue weighted by molar-refractivity contribution is 0.111. The van der Waals surface area contributed by atoms with Crippen molar-refractivity contribution in [3.05, 3.63) is 23.2 Å². The predicted octanol–water partition coefficient (Wildman–Crippen LogP) is 2.23. The Morgan fingerprint density at radius 1 is 1.60 bits per heavy atom. The van der Waals surface area contributed by atoms with E-state index in [0.29, 0.717) is 5.69 Å². The first-order valence-electron chi connectivity index (χ1n) is 4.79. The lowest BCUT2D eigenvalue weighted by atomic mass is 10.3. The van der Waals surface area contributed by atoms with E-state index in [-0.39, 0.29) is 0 Å². The van der Waals surface area contributed by atoms with Crippen LogP contribution < -0.4 is 0 Å². The number of thiophene rings is 1. The number of aromatic nitrogens is 3. The maximum atomic E-state index is 10.8. The maximum absolute atomic E-state index is 10.8. The molecule has 0 radical (unpaired) electrons. The van der Waals surface area contributed by atoms with Crippen LogP contribution in [-0.4, -0.2) is 21.3 Å². The Labute approximate surface area is 91.5 Å². The average molecular weight is 221 g/mol. The number of hydrogen-bond acceptors (Lipinski definition) is 4. The molecule has 0 saturated carbocycles. The highest BCUT2D eigenvalue weighted by Gasteiger charge is 2.14. The van der Waals surface area contributed by atoms with E-state index in [1.54, 1.807) is 16.0 Å². The summed E-state index contributed by atoms with van der Waals surface area (Å²) < 4.78 is 1.79. The molecule has 2 aromatic rings. The minimum Gasteiger partial charge on any atom is -0.296 e. The molecule has 4 nitrogen and oxygen atoms in total. The van der Waals surface area contributed by atoms with Crippen LogP contribution >= 0.6 is 11.3 Å². The van der Waals surface area contributed by atoms with Crippen LogP contribution in [-0.2, 0) is 6.54 Å². The van der Waals surface area contributed by atoms with E-state index in [2.05, 4.69) is 17.2 Å². The highest BCUT2D eigenvalue weighted by Crippen LogP contribution is 2.26. The van der Waals surface area contributed by atoms with Crippen LogP contribution in [0.4, 0.5) is 0 Å². The summed E-state index contributed by atoms with van der Waals surface area (Å²) in [4.78, 5) is 11.9. The molecule has 2 heterocycles. The first-order valence-corrected chi connectivity index (χ1v) is 5.67. The quantitative estimate of drug-likeness (QED) is 0.744. The molecule has 0 fully saturated rings. The summed E-state index contributed by atoms with van der Waals surface area (Å²) in [5.41, 5.74) is 1.26. The molecular formula is C10H11N3OS. The van der Waals surface area contributed by atoms with E-state index in [0.717, 1.165) is 29.8 Å². The molecule has 0 bridgehead atoms. The zero-order valence-corrected chi connectivity index (χ0v) is 9.20. The topological polar surface area (TPSA) is 47.8 Å². The van der Waals surface area contributed by atoms with Gasteiger partial charge in [0.1, 0.15) is 5.69 Å². The Balaban J connectivity index is 2.50. The Morgan fingerprint density at radius 3 is 3.07 bits per heavy atom. The summed E-state index contributed by atoms with van der Waals surface area (Å²) in [6.07, 6.45) is 1.73. The molecule has 0 saturated heterocycles. The first-order chi connectivity index (χ1) is 7.36. The van der Waals surface area contributed by atoms with Crippen molar-refractivity contribution in [2.75, 3.05) is 0 Å². The van der Waals surface area contributed by atoms with Crippen molar-refractivity contribution in [2.45, 2.75) is 19.9 Å². The van der Waals surface area contributed by atoms with Crippen LogP contribution in [0.2, 0.25) is 0 Å². The number of aldehydes is 1. The fourth-order valence-corrected chi connectivity index (χ4v) is 2.22. The van der Waals surface area contributed by atoms with Crippen molar-refractivity contribution in [3.63, 3.8) is 0 Å². The fraction of sp³-hybridized carbons (Fsp3) is 0.300. The third-order valence-electron chi connectivity index (χ3n) is 2.06. The fourth-order valence-electron chi connectivity index (χ4n) is 1.44. The number of carbonyl (C=O) groups is 1. The van der Waals surface area contributed by atoms with Crippen LogP contribution in [0.1, 0.15) is 23.8 Å². The standard InChI is InChI=1S/C10H11N3OS/c1-2-5-13-10(8(7-14)11-12-13)9-4-3-6-15-9/h3-4,6-7H,2,5H2,1H3.